The molecule has 0 fully saturated rings. The van der Waals surface area contributed by atoms with Gasteiger partial charge >= 0.3 is 0 Å². The average molecular weight is 241 g/mol. The molecule has 1 nitrogen and oxygen atoms in total. The first-order chi connectivity index (χ1) is 7.97. The van der Waals surface area contributed by atoms with Crippen molar-refractivity contribution in [1.82, 2.24) is 5.32 Å². The van der Waals surface area contributed by atoms with Crippen LogP contribution in [0.3, 0.4) is 0 Å². The SMILES string of the molecule is CCC(C)C(C)NCC(F)(F)c1ccccc1. The molecule has 0 aliphatic carbocycles. The monoisotopic (exact) mass is 241 g/mol. The van der Waals surface area contributed by atoms with E-state index in [0.29, 0.717) is 5.92 Å². The summed E-state index contributed by atoms with van der Waals surface area (Å²) in [5, 5.41) is 2.92. The molecule has 0 aliphatic heterocycles. The second kappa shape index (κ2) is 6.10. The van der Waals surface area contributed by atoms with Crippen LogP contribution in [0.25, 0.3) is 0 Å². The molecule has 3 heteroatoms. The van der Waals surface area contributed by atoms with E-state index in [1.165, 1.54) is 12.1 Å². The summed E-state index contributed by atoms with van der Waals surface area (Å²) in [6, 6.07) is 8.07. The number of rotatable bonds is 6. The fourth-order valence-corrected chi connectivity index (χ4v) is 1.63. The van der Waals surface area contributed by atoms with Gasteiger partial charge in [0, 0.05) is 11.6 Å². The van der Waals surface area contributed by atoms with Crippen LogP contribution in [0.4, 0.5) is 8.78 Å². The third-order valence-corrected chi connectivity index (χ3v) is 3.34. The molecule has 17 heavy (non-hydrogen) atoms. The maximum atomic E-state index is 13.8. The lowest BCUT2D eigenvalue weighted by Gasteiger charge is -2.24. The quantitative estimate of drug-likeness (QED) is 0.798. The van der Waals surface area contributed by atoms with Crippen LogP contribution in [0.2, 0.25) is 0 Å². The Bertz CT molecular complexity index is 324. The summed E-state index contributed by atoms with van der Waals surface area (Å²) in [6.45, 7) is 5.79. The van der Waals surface area contributed by atoms with Crippen LogP contribution < -0.4 is 5.32 Å². The van der Waals surface area contributed by atoms with Gasteiger partial charge in [0.1, 0.15) is 0 Å². The predicted molar refractivity (Wildman–Crippen MR) is 67.3 cm³/mol. The lowest BCUT2D eigenvalue weighted by atomic mass is 10.0. The smallest absolute Gasteiger partial charge is 0.285 e. The van der Waals surface area contributed by atoms with Crippen molar-refractivity contribution in [3.63, 3.8) is 0 Å². The lowest BCUT2D eigenvalue weighted by molar-refractivity contribution is -0.00674. The molecule has 0 aromatic heterocycles. The first kappa shape index (κ1) is 14.1. The van der Waals surface area contributed by atoms with E-state index in [9.17, 15) is 8.78 Å². The van der Waals surface area contributed by atoms with Gasteiger partial charge in [-0.1, -0.05) is 50.6 Å². The van der Waals surface area contributed by atoms with Crippen LogP contribution in [0.5, 0.6) is 0 Å². The second-order valence-electron chi connectivity index (χ2n) is 4.63. The van der Waals surface area contributed by atoms with E-state index in [0.717, 1.165) is 6.42 Å². The zero-order chi connectivity index (χ0) is 12.9. The van der Waals surface area contributed by atoms with Crippen LogP contribution in [-0.2, 0) is 5.92 Å². The summed E-state index contributed by atoms with van der Waals surface area (Å²) < 4.78 is 27.6. The van der Waals surface area contributed by atoms with Gasteiger partial charge < -0.3 is 5.32 Å². The van der Waals surface area contributed by atoms with Gasteiger partial charge in [0.2, 0.25) is 0 Å². The van der Waals surface area contributed by atoms with E-state index in [2.05, 4.69) is 19.2 Å². The molecule has 0 bridgehead atoms. The Labute approximate surface area is 102 Å². The molecule has 1 N–H and O–H groups in total. The number of hydrogen-bond donors (Lipinski definition) is 1. The van der Waals surface area contributed by atoms with E-state index >= 15 is 0 Å². The third kappa shape index (κ3) is 4.08. The summed E-state index contributed by atoms with van der Waals surface area (Å²) in [7, 11) is 0. The zero-order valence-corrected chi connectivity index (χ0v) is 10.7. The molecular weight excluding hydrogens is 220 g/mol. The summed E-state index contributed by atoms with van der Waals surface area (Å²) in [4.78, 5) is 0. The van der Waals surface area contributed by atoms with Crippen LogP contribution in [0, 0.1) is 5.92 Å². The van der Waals surface area contributed by atoms with Crippen LogP contribution in [0.1, 0.15) is 32.8 Å². The molecule has 1 aromatic rings. The lowest BCUT2D eigenvalue weighted by Crippen LogP contribution is -2.39. The Balaban J connectivity index is 2.56. The van der Waals surface area contributed by atoms with Gasteiger partial charge in [0.05, 0.1) is 6.54 Å². The first-order valence-corrected chi connectivity index (χ1v) is 6.14. The van der Waals surface area contributed by atoms with E-state index in [1.807, 2.05) is 6.92 Å². The summed E-state index contributed by atoms with van der Waals surface area (Å²) in [5.74, 6) is -2.40. The molecule has 0 radical (unpaired) electrons. The Morgan fingerprint density at radius 1 is 1.18 bits per heavy atom. The van der Waals surface area contributed by atoms with Gasteiger partial charge in [-0.15, -0.1) is 0 Å². The highest BCUT2D eigenvalue weighted by Crippen LogP contribution is 2.27. The Hall–Kier alpha value is -0.960. The maximum absolute atomic E-state index is 13.8. The van der Waals surface area contributed by atoms with Gasteiger partial charge in [0.25, 0.3) is 5.92 Å². The molecule has 0 aliphatic rings. The molecule has 0 saturated carbocycles. The highest BCUT2D eigenvalue weighted by atomic mass is 19.3. The van der Waals surface area contributed by atoms with Crippen LogP contribution >= 0.6 is 0 Å². The molecule has 2 unspecified atom stereocenters. The van der Waals surface area contributed by atoms with Crippen molar-refractivity contribution < 1.29 is 8.78 Å². The fraction of sp³-hybridized carbons (Fsp3) is 0.571. The number of benzene rings is 1. The number of alkyl halides is 2. The Kier molecular flexibility index (Phi) is 5.06. The van der Waals surface area contributed by atoms with E-state index in [4.69, 9.17) is 0 Å². The molecule has 0 amide bonds. The molecule has 0 heterocycles. The van der Waals surface area contributed by atoms with Gasteiger partial charge in [-0.05, 0) is 12.8 Å². The minimum atomic E-state index is -2.80. The average Bonchev–Trinajstić information content (AvgIpc) is 2.36. The normalized spacial score (nSPS) is 15.6. The topological polar surface area (TPSA) is 12.0 Å². The molecule has 1 rings (SSSR count). The number of hydrogen-bond acceptors (Lipinski definition) is 1. The molecule has 0 saturated heterocycles. The first-order valence-electron chi connectivity index (χ1n) is 6.14. The fourth-order valence-electron chi connectivity index (χ4n) is 1.63. The molecule has 96 valence electrons. The van der Waals surface area contributed by atoms with Crippen molar-refractivity contribution in [3.8, 4) is 0 Å². The highest BCUT2D eigenvalue weighted by Gasteiger charge is 2.31. The van der Waals surface area contributed by atoms with Crippen molar-refractivity contribution in [3.05, 3.63) is 35.9 Å². The summed E-state index contributed by atoms with van der Waals surface area (Å²) >= 11 is 0. The highest BCUT2D eigenvalue weighted by molar-refractivity contribution is 5.20. The predicted octanol–water partition coefficient (Wildman–Crippen LogP) is 3.80. The minimum Gasteiger partial charge on any atom is -0.308 e. The minimum absolute atomic E-state index is 0.0730. The van der Waals surface area contributed by atoms with Crippen LogP contribution in [0.15, 0.2) is 30.3 Å². The standard InChI is InChI=1S/C14H21F2N/c1-4-11(2)12(3)17-10-14(15,16)13-8-6-5-7-9-13/h5-9,11-12,17H,4,10H2,1-3H3. The van der Waals surface area contributed by atoms with E-state index in [1.54, 1.807) is 18.2 Å². The van der Waals surface area contributed by atoms with Crippen LogP contribution in [-0.4, -0.2) is 12.6 Å². The Morgan fingerprint density at radius 3 is 2.29 bits per heavy atom. The third-order valence-electron chi connectivity index (χ3n) is 3.34. The summed E-state index contributed by atoms with van der Waals surface area (Å²) in [5.41, 5.74) is 0.0730. The molecular formula is C14H21F2N. The molecule has 2 atom stereocenters. The van der Waals surface area contributed by atoms with Gasteiger partial charge in [-0.25, -0.2) is 0 Å². The molecule has 0 spiro atoms. The van der Waals surface area contributed by atoms with E-state index < -0.39 is 5.92 Å². The molecule has 1 aromatic carbocycles. The van der Waals surface area contributed by atoms with Crippen molar-refractivity contribution in [2.45, 2.75) is 39.2 Å². The number of halogens is 2. The number of nitrogens with one attached hydrogen (secondary N) is 1. The largest absolute Gasteiger partial charge is 0.308 e. The zero-order valence-electron chi connectivity index (χ0n) is 10.7. The maximum Gasteiger partial charge on any atom is 0.285 e. The second-order valence-corrected chi connectivity index (χ2v) is 4.63. The summed E-state index contributed by atoms with van der Waals surface area (Å²) in [6.07, 6.45) is 0.991. The Morgan fingerprint density at radius 2 is 1.76 bits per heavy atom. The van der Waals surface area contributed by atoms with Crippen molar-refractivity contribution in [2.75, 3.05) is 6.54 Å². The van der Waals surface area contributed by atoms with E-state index in [-0.39, 0.29) is 18.2 Å². The van der Waals surface area contributed by atoms with Gasteiger partial charge in [-0.3, -0.25) is 0 Å². The van der Waals surface area contributed by atoms with Crippen molar-refractivity contribution >= 4 is 0 Å². The van der Waals surface area contributed by atoms with Gasteiger partial charge in [-0.2, -0.15) is 8.78 Å². The van der Waals surface area contributed by atoms with Crippen molar-refractivity contribution in [1.29, 1.82) is 0 Å². The van der Waals surface area contributed by atoms with Gasteiger partial charge in [0.15, 0.2) is 0 Å². The van der Waals surface area contributed by atoms with Crippen molar-refractivity contribution in [2.24, 2.45) is 5.92 Å².